The minimum absolute atomic E-state index is 0.183. The standard InChI is InChI=1S/C24H32N4O2/c1-30-9-5-8-28-17-26-27-21(28)15-25-22(29)24-13-18-10-19(14-24)12-23(11-18,16-24)20-6-3-2-4-7-20/h2-4,6-7,17-19H,5,8-16H2,1H3,(H,25,29). The third-order valence-electron chi connectivity index (χ3n) is 7.78. The number of benzene rings is 1. The maximum atomic E-state index is 13.5. The molecule has 2 atom stereocenters. The Bertz CT molecular complexity index is 880. The molecule has 1 heterocycles. The van der Waals surface area contributed by atoms with Crippen molar-refractivity contribution in [3.05, 3.63) is 48.0 Å². The summed E-state index contributed by atoms with van der Waals surface area (Å²) in [4.78, 5) is 13.5. The largest absolute Gasteiger partial charge is 0.385 e. The van der Waals surface area contributed by atoms with Crippen LogP contribution in [-0.2, 0) is 28.0 Å². The summed E-state index contributed by atoms with van der Waals surface area (Å²) in [5.41, 5.74) is 1.40. The quantitative estimate of drug-likeness (QED) is 0.679. The van der Waals surface area contributed by atoms with Gasteiger partial charge in [0.25, 0.3) is 0 Å². The number of hydrogen-bond donors (Lipinski definition) is 1. The second kappa shape index (κ2) is 7.80. The first-order valence-corrected chi connectivity index (χ1v) is 11.3. The molecule has 0 saturated heterocycles. The molecule has 4 aliphatic rings. The molecule has 6 rings (SSSR count). The van der Waals surface area contributed by atoms with Gasteiger partial charge in [0.2, 0.25) is 5.91 Å². The molecule has 0 spiro atoms. The number of hydrogen-bond acceptors (Lipinski definition) is 4. The SMILES string of the molecule is COCCCn1cnnc1CNC(=O)C12CC3CC(C1)CC(c1ccccc1)(C3)C2. The van der Waals surface area contributed by atoms with Gasteiger partial charge in [-0.1, -0.05) is 30.3 Å². The number of aromatic nitrogens is 3. The predicted molar refractivity (Wildman–Crippen MR) is 114 cm³/mol. The number of aryl methyl sites for hydroxylation is 1. The second-order valence-electron chi connectivity index (χ2n) is 9.86. The molecule has 30 heavy (non-hydrogen) atoms. The Balaban J connectivity index is 1.31. The monoisotopic (exact) mass is 408 g/mol. The Kier molecular flexibility index (Phi) is 5.13. The van der Waals surface area contributed by atoms with Crippen molar-refractivity contribution in [3.63, 3.8) is 0 Å². The zero-order chi connectivity index (χ0) is 20.6. The van der Waals surface area contributed by atoms with E-state index in [0.717, 1.165) is 38.1 Å². The summed E-state index contributed by atoms with van der Waals surface area (Å²) in [5, 5.41) is 11.5. The van der Waals surface area contributed by atoms with Crippen molar-refractivity contribution in [1.29, 1.82) is 0 Å². The van der Waals surface area contributed by atoms with Gasteiger partial charge in [-0.05, 0) is 67.8 Å². The van der Waals surface area contributed by atoms with E-state index in [4.69, 9.17) is 4.74 Å². The number of methoxy groups -OCH3 is 1. The number of rotatable bonds is 8. The average molecular weight is 409 g/mol. The van der Waals surface area contributed by atoms with E-state index in [1.165, 1.54) is 24.8 Å². The molecule has 1 aromatic carbocycles. The van der Waals surface area contributed by atoms with Crippen LogP contribution in [0.2, 0.25) is 0 Å². The summed E-state index contributed by atoms with van der Waals surface area (Å²) in [6, 6.07) is 11.0. The molecule has 4 bridgehead atoms. The van der Waals surface area contributed by atoms with Crippen molar-refractivity contribution >= 4 is 5.91 Å². The van der Waals surface area contributed by atoms with E-state index < -0.39 is 0 Å². The van der Waals surface area contributed by atoms with Gasteiger partial charge >= 0.3 is 0 Å². The lowest BCUT2D eigenvalue weighted by atomic mass is 9.42. The van der Waals surface area contributed by atoms with Gasteiger partial charge in [-0.2, -0.15) is 0 Å². The van der Waals surface area contributed by atoms with Crippen LogP contribution in [0.4, 0.5) is 0 Å². The number of nitrogens with zero attached hydrogens (tertiary/aromatic N) is 3. The second-order valence-corrected chi connectivity index (χ2v) is 9.86. The smallest absolute Gasteiger partial charge is 0.226 e. The lowest BCUT2D eigenvalue weighted by Crippen LogP contribution is -2.59. The predicted octanol–water partition coefficient (Wildman–Crippen LogP) is 3.47. The number of ether oxygens (including phenoxy) is 1. The maximum absolute atomic E-state index is 13.5. The van der Waals surface area contributed by atoms with Crippen LogP contribution in [0.5, 0.6) is 0 Å². The van der Waals surface area contributed by atoms with Crippen LogP contribution < -0.4 is 5.32 Å². The van der Waals surface area contributed by atoms with E-state index in [-0.39, 0.29) is 16.7 Å². The average Bonchev–Trinajstić information content (AvgIpc) is 3.19. The summed E-state index contributed by atoms with van der Waals surface area (Å²) in [6.07, 6.45) is 9.52. The molecule has 2 unspecified atom stereocenters. The summed E-state index contributed by atoms with van der Waals surface area (Å²) in [6.45, 7) is 1.96. The van der Waals surface area contributed by atoms with Crippen LogP contribution >= 0.6 is 0 Å². The molecule has 4 saturated carbocycles. The van der Waals surface area contributed by atoms with E-state index in [1.54, 1.807) is 13.4 Å². The van der Waals surface area contributed by atoms with Crippen molar-refractivity contribution < 1.29 is 9.53 Å². The van der Waals surface area contributed by atoms with Crippen molar-refractivity contribution in [2.24, 2.45) is 17.3 Å². The van der Waals surface area contributed by atoms with Crippen molar-refractivity contribution in [1.82, 2.24) is 20.1 Å². The Morgan fingerprint density at radius 3 is 2.70 bits per heavy atom. The van der Waals surface area contributed by atoms with Gasteiger partial charge in [-0.3, -0.25) is 4.79 Å². The summed E-state index contributed by atoms with van der Waals surface area (Å²) >= 11 is 0. The summed E-state index contributed by atoms with van der Waals surface area (Å²) in [7, 11) is 1.71. The first-order valence-electron chi connectivity index (χ1n) is 11.3. The van der Waals surface area contributed by atoms with Gasteiger partial charge in [0, 0.05) is 20.3 Å². The van der Waals surface area contributed by atoms with E-state index >= 15 is 0 Å². The maximum Gasteiger partial charge on any atom is 0.226 e. The third kappa shape index (κ3) is 3.45. The molecule has 0 aliphatic heterocycles. The van der Waals surface area contributed by atoms with Crippen LogP contribution in [-0.4, -0.2) is 34.4 Å². The van der Waals surface area contributed by atoms with Gasteiger partial charge in [-0.15, -0.1) is 10.2 Å². The fourth-order valence-corrected chi connectivity index (χ4v) is 6.99. The van der Waals surface area contributed by atoms with E-state index in [1.807, 2.05) is 4.57 Å². The molecule has 1 N–H and O–H groups in total. The van der Waals surface area contributed by atoms with Crippen LogP contribution in [0, 0.1) is 17.3 Å². The first-order chi connectivity index (χ1) is 14.6. The molecule has 4 aliphatic carbocycles. The fourth-order valence-electron chi connectivity index (χ4n) is 6.99. The molecular formula is C24H32N4O2. The van der Waals surface area contributed by atoms with Crippen molar-refractivity contribution in [2.75, 3.05) is 13.7 Å². The van der Waals surface area contributed by atoms with E-state index in [2.05, 4.69) is 45.8 Å². The van der Waals surface area contributed by atoms with Crippen LogP contribution in [0.15, 0.2) is 36.7 Å². The summed E-state index contributed by atoms with van der Waals surface area (Å²) in [5.74, 6) is 2.40. The van der Waals surface area contributed by atoms with Gasteiger partial charge in [0.15, 0.2) is 5.82 Å². The van der Waals surface area contributed by atoms with Gasteiger partial charge < -0.3 is 14.6 Å². The fraction of sp³-hybridized carbons (Fsp3) is 0.625. The highest BCUT2D eigenvalue weighted by Gasteiger charge is 2.60. The Morgan fingerprint density at radius 1 is 1.20 bits per heavy atom. The zero-order valence-electron chi connectivity index (χ0n) is 17.8. The Labute approximate surface area is 178 Å². The number of carbonyl (C=O) groups is 1. The minimum atomic E-state index is -0.221. The van der Waals surface area contributed by atoms with E-state index in [0.29, 0.717) is 25.0 Å². The highest BCUT2D eigenvalue weighted by Crippen LogP contribution is 2.65. The van der Waals surface area contributed by atoms with Gasteiger partial charge in [0.05, 0.1) is 12.0 Å². The molecule has 0 radical (unpaired) electrons. The van der Waals surface area contributed by atoms with Crippen LogP contribution in [0.1, 0.15) is 56.3 Å². The van der Waals surface area contributed by atoms with Crippen LogP contribution in [0.3, 0.4) is 0 Å². The number of amides is 1. The lowest BCUT2D eigenvalue weighted by molar-refractivity contribution is -0.149. The molecule has 1 amide bonds. The van der Waals surface area contributed by atoms with Gasteiger partial charge in [-0.25, -0.2) is 0 Å². The molecular weight excluding hydrogens is 376 g/mol. The zero-order valence-corrected chi connectivity index (χ0v) is 17.8. The molecule has 1 aromatic heterocycles. The van der Waals surface area contributed by atoms with Crippen LogP contribution in [0.25, 0.3) is 0 Å². The summed E-state index contributed by atoms with van der Waals surface area (Å²) < 4.78 is 7.16. The normalized spacial score (nSPS) is 31.8. The molecule has 6 heteroatoms. The lowest BCUT2D eigenvalue weighted by Gasteiger charge is -2.61. The Hall–Kier alpha value is -2.21. The highest BCUT2D eigenvalue weighted by atomic mass is 16.5. The molecule has 160 valence electrons. The number of carbonyl (C=O) groups excluding carboxylic acids is 1. The van der Waals surface area contributed by atoms with Crippen molar-refractivity contribution in [2.45, 2.75) is 63.5 Å². The molecule has 6 nitrogen and oxygen atoms in total. The molecule has 2 aromatic rings. The topological polar surface area (TPSA) is 69.0 Å². The number of nitrogens with one attached hydrogen (secondary N) is 1. The van der Waals surface area contributed by atoms with E-state index in [9.17, 15) is 4.79 Å². The first kappa shape index (κ1) is 19.7. The highest BCUT2D eigenvalue weighted by molar-refractivity contribution is 5.83. The van der Waals surface area contributed by atoms with Crippen molar-refractivity contribution in [3.8, 4) is 0 Å². The minimum Gasteiger partial charge on any atom is -0.385 e. The Morgan fingerprint density at radius 2 is 1.97 bits per heavy atom. The third-order valence-corrected chi connectivity index (χ3v) is 7.78. The molecule has 4 fully saturated rings. The van der Waals surface area contributed by atoms with Gasteiger partial charge in [0.1, 0.15) is 6.33 Å².